The van der Waals surface area contributed by atoms with Gasteiger partial charge in [0, 0.05) is 0 Å². The number of aryl methyl sites for hydroxylation is 1. The Balaban J connectivity index is 0. The summed E-state index contributed by atoms with van der Waals surface area (Å²) in [6.45, 7) is 9.92. The van der Waals surface area contributed by atoms with Crippen molar-refractivity contribution in [3.63, 3.8) is 0 Å². The topological polar surface area (TPSA) is 21.6 Å². The van der Waals surface area contributed by atoms with Gasteiger partial charge in [0.25, 0.3) is 0 Å². The van der Waals surface area contributed by atoms with E-state index in [1.807, 2.05) is 33.8 Å². The third-order valence-corrected chi connectivity index (χ3v) is 1.52. The van der Waals surface area contributed by atoms with Crippen LogP contribution in [0.15, 0.2) is 35.5 Å². The summed E-state index contributed by atoms with van der Waals surface area (Å²) >= 11 is 0. The van der Waals surface area contributed by atoms with Gasteiger partial charge in [0.15, 0.2) is 0 Å². The van der Waals surface area contributed by atoms with Crippen LogP contribution < -0.4 is 0 Å². The van der Waals surface area contributed by atoms with Gasteiger partial charge in [-0.25, -0.2) is 0 Å². The van der Waals surface area contributed by atoms with Crippen molar-refractivity contribution >= 4 is 5.71 Å². The fraction of sp³-hybridized carbons (Fsp3) is 0.500. The Kier molecular flexibility index (Phi) is 14.6. The van der Waals surface area contributed by atoms with Gasteiger partial charge in [0.05, 0.1) is 5.71 Å². The van der Waals surface area contributed by atoms with Crippen LogP contribution >= 0.6 is 0 Å². The molecule has 0 N–H and O–H groups in total. The molecule has 2 nitrogen and oxygen atoms in total. The molecule has 92 valence electrons. The fourth-order valence-electron chi connectivity index (χ4n) is 0.896. The largest absolute Gasteiger partial charge is 0.399 e. The number of rotatable bonds is 2. The molecule has 0 amide bonds. The summed E-state index contributed by atoms with van der Waals surface area (Å²) < 4.78 is 0. The summed E-state index contributed by atoms with van der Waals surface area (Å²) in [6.07, 6.45) is 1.14. The normalized spacial score (nSPS) is 7.62. The maximum absolute atomic E-state index is 4.39. The van der Waals surface area contributed by atoms with E-state index in [4.69, 9.17) is 0 Å². The van der Waals surface area contributed by atoms with Gasteiger partial charge in [-0.1, -0.05) is 56.3 Å². The molecule has 2 heteroatoms. The maximum atomic E-state index is 4.39. The van der Waals surface area contributed by atoms with Gasteiger partial charge in [-0.2, -0.15) is 0 Å². The standard InChI is InChI=1S/C8H10.C4H9NO.C2H6/c1-2-8-6-4-3-5-7-8;1-4(2)5-6-3;1-2/h3-7H,2H2,1H3;1-3H3;1-2H3. The van der Waals surface area contributed by atoms with Crippen molar-refractivity contribution in [3.05, 3.63) is 35.9 Å². The molecule has 0 radical (unpaired) electrons. The Hall–Kier alpha value is -1.31. The molecule has 0 saturated heterocycles. The number of benzene rings is 1. The van der Waals surface area contributed by atoms with E-state index in [1.54, 1.807) is 0 Å². The van der Waals surface area contributed by atoms with Crippen molar-refractivity contribution in [2.24, 2.45) is 5.16 Å². The highest BCUT2D eigenvalue weighted by molar-refractivity contribution is 5.78. The first-order chi connectivity index (χ1) is 7.70. The number of hydrogen-bond acceptors (Lipinski definition) is 2. The van der Waals surface area contributed by atoms with Gasteiger partial charge in [0.2, 0.25) is 0 Å². The van der Waals surface area contributed by atoms with Crippen LogP contribution in [-0.2, 0) is 11.3 Å². The van der Waals surface area contributed by atoms with Gasteiger partial charge in [-0.05, 0) is 25.8 Å². The second kappa shape index (κ2) is 13.7. The number of oxime groups is 1. The molecule has 1 aromatic carbocycles. The highest BCUT2D eigenvalue weighted by Crippen LogP contribution is 1.96. The summed E-state index contributed by atoms with van der Waals surface area (Å²) in [7, 11) is 1.53. The molecule has 0 aromatic heterocycles. The third-order valence-electron chi connectivity index (χ3n) is 1.52. The molecule has 16 heavy (non-hydrogen) atoms. The van der Waals surface area contributed by atoms with E-state index in [9.17, 15) is 0 Å². The van der Waals surface area contributed by atoms with Gasteiger partial charge in [-0.15, -0.1) is 0 Å². The number of nitrogens with zero attached hydrogens (tertiary/aromatic N) is 1. The molecule has 0 fully saturated rings. The first-order valence-corrected chi connectivity index (χ1v) is 5.79. The predicted molar refractivity (Wildman–Crippen MR) is 73.0 cm³/mol. The summed E-state index contributed by atoms with van der Waals surface area (Å²) in [5.41, 5.74) is 2.35. The Bertz CT molecular complexity index is 251. The lowest BCUT2D eigenvalue weighted by atomic mass is 10.2. The fourth-order valence-corrected chi connectivity index (χ4v) is 0.896. The third kappa shape index (κ3) is 12.7. The highest BCUT2D eigenvalue weighted by atomic mass is 16.6. The monoisotopic (exact) mass is 223 g/mol. The van der Waals surface area contributed by atoms with Crippen LogP contribution in [0.3, 0.4) is 0 Å². The molecule has 0 spiro atoms. The van der Waals surface area contributed by atoms with Crippen molar-refractivity contribution in [3.8, 4) is 0 Å². The molecule has 0 aliphatic heterocycles. The maximum Gasteiger partial charge on any atom is 0.106 e. The average molecular weight is 223 g/mol. The number of hydrogen-bond donors (Lipinski definition) is 0. The van der Waals surface area contributed by atoms with Gasteiger partial charge < -0.3 is 4.84 Å². The molecular formula is C14H25NO. The van der Waals surface area contributed by atoms with Crippen molar-refractivity contribution in [1.29, 1.82) is 0 Å². The molecular weight excluding hydrogens is 198 g/mol. The van der Waals surface area contributed by atoms with Crippen LogP contribution in [0.1, 0.15) is 40.2 Å². The second-order valence-electron chi connectivity index (χ2n) is 3.06. The molecule has 0 aliphatic rings. The molecule has 1 aromatic rings. The summed E-state index contributed by atoms with van der Waals surface area (Å²) in [4.78, 5) is 4.39. The zero-order valence-electron chi connectivity index (χ0n) is 11.4. The van der Waals surface area contributed by atoms with Crippen LogP contribution in [0.5, 0.6) is 0 Å². The Morgan fingerprint density at radius 3 is 1.81 bits per heavy atom. The van der Waals surface area contributed by atoms with Crippen LogP contribution in [0, 0.1) is 0 Å². The quantitative estimate of drug-likeness (QED) is 0.541. The van der Waals surface area contributed by atoms with Crippen LogP contribution in [0.4, 0.5) is 0 Å². The predicted octanol–water partition coefficient (Wildman–Crippen LogP) is 4.30. The minimum absolute atomic E-state index is 0.942. The average Bonchev–Trinajstić information content (AvgIpc) is 2.33. The molecule has 1 rings (SSSR count). The molecule has 0 heterocycles. The van der Waals surface area contributed by atoms with Crippen LogP contribution in [0.2, 0.25) is 0 Å². The van der Waals surface area contributed by atoms with Gasteiger partial charge in [0.1, 0.15) is 7.11 Å². The lowest BCUT2D eigenvalue weighted by molar-refractivity contribution is 0.213. The lowest BCUT2D eigenvalue weighted by Crippen LogP contribution is -1.79. The van der Waals surface area contributed by atoms with E-state index in [-0.39, 0.29) is 0 Å². The minimum atomic E-state index is 0.942. The molecule has 0 aliphatic carbocycles. The highest BCUT2D eigenvalue weighted by Gasteiger charge is 1.79. The first kappa shape index (κ1) is 17.1. The van der Waals surface area contributed by atoms with Crippen molar-refractivity contribution in [2.45, 2.75) is 41.0 Å². The SMILES string of the molecule is CC.CCc1ccccc1.CON=C(C)C. The van der Waals surface area contributed by atoms with E-state index in [2.05, 4.69) is 41.2 Å². The summed E-state index contributed by atoms with van der Waals surface area (Å²) in [6, 6.07) is 10.5. The van der Waals surface area contributed by atoms with Crippen LogP contribution in [-0.4, -0.2) is 12.8 Å². The molecule has 0 bridgehead atoms. The molecule has 0 atom stereocenters. The summed E-state index contributed by atoms with van der Waals surface area (Å²) in [5, 5.41) is 3.54. The van der Waals surface area contributed by atoms with Gasteiger partial charge in [-0.3, -0.25) is 0 Å². The lowest BCUT2D eigenvalue weighted by Gasteiger charge is -1.89. The molecule has 0 saturated carbocycles. The first-order valence-electron chi connectivity index (χ1n) is 5.79. The zero-order chi connectivity index (χ0) is 12.8. The van der Waals surface area contributed by atoms with E-state index < -0.39 is 0 Å². The smallest absolute Gasteiger partial charge is 0.106 e. The van der Waals surface area contributed by atoms with E-state index >= 15 is 0 Å². The van der Waals surface area contributed by atoms with Crippen molar-refractivity contribution in [2.75, 3.05) is 7.11 Å². The van der Waals surface area contributed by atoms with Crippen molar-refractivity contribution < 1.29 is 4.84 Å². The zero-order valence-corrected chi connectivity index (χ0v) is 11.4. The Labute approximate surface area is 100 Å². The van der Waals surface area contributed by atoms with Crippen molar-refractivity contribution in [1.82, 2.24) is 0 Å². The van der Waals surface area contributed by atoms with Crippen LogP contribution in [0.25, 0.3) is 0 Å². The minimum Gasteiger partial charge on any atom is -0.399 e. The Morgan fingerprint density at radius 2 is 1.62 bits per heavy atom. The summed E-state index contributed by atoms with van der Waals surface area (Å²) in [5.74, 6) is 0. The van der Waals surface area contributed by atoms with E-state index in [0.717, 1.165) is 12.1 Å². The molecule has 0 unspecified atom stereocenters. The van der Waals surface area contributed by atoms with E-state index in [0.29, 0.717) is 0 Å². The Morgan fingerprint density at radius 1 is 1.12 bits per heavy atom. The van der Waals surface area contributed by atoms with Gasteiger partial charge >= 0.3 is 0 Å². The van der Waals surface area contributed by atoms with E-state index in [1.165, 1.54) is 12.7 Å². The second-order valence-corrected chi connectivity index (χ2v) is 3.06.